The molecule has 0 bridgehead atoms. The molecule has 0 saturated carbocycles. The highest BCUT2D eigenvalue weighted by molar-refractivity contribution is 6.31. The van der Waals surface area contributed by atoms with Crippen LogP contribution < -0.4 is 9.47 Å². The first-order valence-electron chi connectivity index (χ1n) is 13.5. The van der Waals surface area contributed by atoms with E-state index in [9.17, 15) is 18.8 Å². The first-order valence-corrected chi connectivity index (χ1v) is 13.5. The zero-order valence-corrected chi connectivity index (χ0v) is 22.8. The summed E-state index contributed by atoms with van der Waals surface area (Å²) in [5.41, 5.74) is 1.07. The van der Waals surface area contributed by atoms with Crippen molar-refractivity contribution < 1.29 is 28.2 Å². The number of hydrogen-bond acceptors (Lipinski definition) is 7. The average Bonchev–Trinajstić information content (AvgIpc) is 3.46. The number of ketones is 3. The Morgan fingerprint density at radius 3 is 2.17 bits per heavy atom. The topological polar surface area (TPSA) is 85.3 Å². The molecule has 3 atom stereocenters. The van der Waals surface area contributed by atoms with Gasteiger partial charge in [0, 0.05) is 34.2 Å². The molecule has 7 rings (SSSR count). The number of benzene rings is 4. The largest absolute Gasteiger partial charge is 0.497 e. The van der Waals surface area contributed by atoms with Crippen LogP contribution >= 0.6 is 0 Å². The maximum Gasteiger partial charge on any atom is 0.187 e. The van der Waals surface area contributed by atoms with Crippen LogP contribution in [0.5, 0.6) is 11.5 Å². The summed E-state index contributed by atoms with van der Waals surface area (Å²) in [6.07, 6.45) is 1.65. The molecule has 42 heavy (non-hydrogen) atoms. The van der Waals surface area contributed by atoms with Crippen molar-refractivity contribution in [3.63, 3.8) is 0 Å². The second kappa shape index (κ2) is 9.48. The molecule has 2 heterocycles. The zero-order valence-electron chi connectivity index (χ0n) is 22.8. The lowest BCUT2D eigenvalue weighted by atomic mass is 9.62. The predicted molar refractivity (Wildman–Crippen MR) is 153 cm³/mol. The van der Waals surface area contributed by atoms with E-state index in [2.05, 4.69) is 0 Å². The molecule has 8 heteroatoms. The van der Waals surface area contributed by atoms with Gasteiger partial charge in [0.1, 0.15) is 28.8 Å². The number of halogens is 1. The molecule has 7 nitrogen and oxygen atoms in total. The molecule has 1 fully saturated rings. The average molecular weight is 561 g/mol. The summed E-state index contributed by atoms with van der Waals surface area (Å²) in [4.78, 5) is 44.2. The van der Waals surface area contributed by atoms with Gasteiger partial charge in [-0.1, -0.05) is 54.6 Å². The normalized spacial score (nSPS) is 21.2. The molecule has 2 aliphatic heterocycles. The van der Waals surface area contributed by atoms with Crippen LogP contribution in [0.4, 0.5) is 4.39 Å². The molecule has 3 aliphatic rings. The number of fused-ring (bicyclic) bond motifs is 5. The first-order chi connectivity index (χ1) is 20.4. The molecule has 4 aromatic carbocycles. The Labute approximate surface area is 241 Å². The minimum atomic E-state index is -1.75. The molecular weight excluding hydrogens is 535 g/mol. The van der Waals surface area contributed by atoms with Crippen LogP contribution in [0.2, 0.25) is 0 Å². The highest BCUT2D eigenvalue weighted by atomic mass is 19.1. The fourth-order valence-electron chi connectivity index (χ4n) is 6.98. The van der Waals surface area contributed by atoms with E-state index in [1.165, 1.54) is 38.5 Å². The number of rotatable bonds is 5. The summed E-state index contributed by atoms with van der Waals surface area (Å²) >= 11 is 0. The monoisotopic (exact) mass is 560 g/mol. The Morgan fingerprint density at radius 1 is 0.833 bits per heavy atom. The number of ether oxygens (including phenoxy) is 2. The standard InChI is InChI=1S/C34H25FN2O5/c1-41-22-15-16-26(27(17-22)42-2)28-29(30(38)19-11-13-21(35)14-12-19)37-31(23-8-4-3-7-20(23)18-36-37)34(28)32(39)24-9-5-6-10-25(24)33(34)40/h3-18,28-29,31H,1-2H3/t28-,29-,31-/m1/s1. The Balaban J connectivity index is 1.57. The van der Waals surface area contributed by atoms with Crippen LogP contribution in [0.25, 0.3) is 0 Å². The van der Waals surface area contributed by atoms with E-state index >= 15 is 0 Å². The van der Waals surface area contributed by atoms with Gasteiger partial charge in [-0.25, -0.2) is 4.39 Å². The van der Waals surface area contributed by atoms with E-state index in [4.69, 9.17) is 14.6 Å². The Morgan fingerprint density at radius 2 is 1.50 bits per heavy atom. The third kappa shape index (κ3) is 3.38. The van der Waals surface area contributed by atoms with Gasteiger partial charge in [-0.3, -0.25) is 19.4 Å². The van der Waals surface area contributed by atoms with Gasteiger partial charge >= 0.3 is 0 Å². The van der Waals surface area contributed by atoms with Gasteiger partial charge in [0.2, 0.25) is 0 Å². The van der Waals surface area contributed by atoms with Crippen molar-refractivity contribution in [2.24, 2.45) is 10.5 Å². The van der Waals surface area contributed by atoms with Crippen molar-refractivity contribution in [1.29, 1.82) is 0 Å². The van der Waals surface area contributed by atoms with Gasteiger partial charge < -0.3 is 9.47 Å². The Hall–Kier alpha value is -5.11. The maximum atomic E-state index is 14.8. The van der Waals surface area contributed by atoms with E-state index < -0.39 is 35.0 Å². The van der Waals surface area contributed by atoms with Crippen LogP contribution in [0.1, 0.15) is 59.7 Å². The number of hydrogen-bond donors (Lipinski definition) is 0. The van der Waals surface area contributed by atoms with E-state index in [0.717, 1.165) is 5.56 Å². The number of carbonyl (C=O) groups excluding carboxylic acids is 3. The van der Waals surface area contributed by atoms with Gasteiger partial charge in [0.15, 0.2) is 17.3 Å². The summed E-state index contributed by atoms with van der Waals surface area (Å²) in [5.74, 6) is -1.77. The molecule has 0 unspecified atom stereocenters. The molecule has 4 aromatic rings. The van der Waals surface area contributed by atoms with Gasteiger partial charge in [0.25, 0.3) is 0 Å². The van der Waals surface area contributed by atoms with E-state index in [-0.39, 0.29) is 17.1 Å². The van der Waals surface area contributed by atoms with Gasteiger partial charge in [-0.05, 0) is 41.5 Å². The van der Waals surface area contributed by atoms with E-state index in [1.807, 2.05) is 24.3 Å². The van der Waals surface area contributed by atoms with Crippen LogP contribution in [0.15, 0.2) is 96.1 Å². The lowest BCUT2D eigenvalue weighted by Gasteiger charge is -2.36. The van der Waals surface area contributed by atoms with Crippen molar-refractivity contribution in [2.45, 2.75) is 18.0 Å². The fourth-order valence-corrected chi connectivity index (χ4v) is 6.98. The van der Waals surface area contributed by atoms with E-state index in [0.29, 0.717) is 33.8 Å². The quantitative estimate of drug-likeness (QED) is 0.232. The highest BCUT2D eigenvalue weighted by Crippen LogP contribution is 2.65. The summed E-state index contributed by atoms with van der Waals surface area (Å²) in [5, 5.41) is 6.34. The number of hydrazone groups is 1. The molecule has 1 aliphatic carbocycles. The second-order valence-corrected chi connectivity index (χ2v) is 10.6. The SMILES string of the molecule is COc1ccc([C@@H]2[C@H](C(=O)c3ccc(F)cc3)N3N=Cc4ccccc4[C@@H]3C23C(=O)c2ccccc2C3=O)c(OC)c1. The number of nitrogens with zero attached hydrogens (tertiary/aromatic N) is 2. The lowest BCUT2D eigenvalue weighted by molar-refractivity contribution is 0.0585. The molecule has 0 aromatic heterocycles. The summed E-state index contributed by atoms with van der Waals surface area (Å²) in [7, 11) is 3.02. The lowest BCUT2D eigenvalue weighted by Crippen LogP contribution is -2.44. The molecule has 1 saturated heterocycles. The number of methoxy groups -OCH3 is 2. The third-order valence-corrected chi connectivity index (χ3v) is 8.75. The Bertz CT molecular complexity index is 1780. The summed E-state index contributed by atoms with van der Waals surface area (Å²) in [6, 6.07) is 22.6. The minimum absolute atomic E-state index is 0.235. The van der Waals surface area contributed by atoms with Crippen molar-refractivity contribution in [3.05, 3.63) is 130 Å². The van der Waals surface area contributed by atoms with Crippen LogP contribution in [0, 0.1) is 11.2 Å². The summed E-state index contributed by atoms with van der Waals surface area (Å²) < 4.78 is 25.1. The van der Waals surface area contributed by atoms with Crippen molar-refractivity contribution in [1.82, 2.24) is 5.01 Å². The number of carbonyl (C=O) groups is 3. The van der Waals surface area contributed by atoms with Gasteiger partial charge in [-0.2, -0.15) is 5.10 Å². The van der Waals surface area contributed by atoms with Gasteiger partial charge in [-0.15, -0.1) is 0 Å². The minimum Gasteiger partial charge on any atom is -0.497 e. The predicted octanol–water partition coefficient (Wildman–Crippen LogP) is 5.65. The zero-order chi connectivity index (χ0) is 29.2. The first kappa shape index (κ1) is 25.8. The van der Waals surface area contributed by atoms with Crippen LogP contribution in [-0.2, 0) is 0 Å². The van der Waals surface area contributed by atoms with Crippen molar-refractivity contribution >= 4 is 23.6 Å². The maximum absolute atomic E-state index is 14.8. The molecular formula is C34H25FN2O5. The fraction of sp³-hybridized carbons (Fsp3) is 0.176. The second-order valence-electron chi connectivity index (χ2n) is 10.6. The van der Waals surface area contributed by atoms with E-state index in [1.54, 1.807) is 53.7 Å². The van der Waals surface area contributed by atoms with Crippen LogP contribution in [0.3, 0.4) is 0 Å². The molecule has 0 N–H and O–H groups in total. The molecule has 1 spiro atoms. The smallest absolute Gasteiger partial charge is 0.187 e. The highest BCUT2D eigenvalue weighted by Gasteiger charge is 2.73. The molecule has 0 amide bonds. The Kier molecular flexibility index (Phi) is 5.83. The number of Topliss-reactive ketones (excluding diaryl/α,β-unsaturated/α-hetero) is 3. The third-order valence-electron chi connectivity index (χ3n) is 8.75. The summed E-state index contributed by atoms with van der Waals surface area (Å²) in [6.45, 7) is 0. The van der Waals surface area contributed by atoms with Crippen molar-refractivity contribution in [3.8, 4) is 11.5 Å². The van der Waals surface area contributed by atoms with Gasteiger partial charge in [0.05, 0.1) is 26.5 Å². The molecule has 0 radical (unpaired) electrons. The molecule has 208 valence electrons. The van der Waals surface area contributed by atoms with Crippen molar-refractivity contribution in [2.75, 3.05) is 14.2 Å². The van der Waals surface area contributed by atoms with Crippen LogP contribution in [-0.4, -0.2) is 48.8 Å².